The van der Waals surface area contributed by atoms with Gasteiger partial charge in [0.05, 0.1) is 11.6 Å². The predicted octanol–water partition coefficient (Wildman–Crippen LogP) is 2.19. The lowest BCUT2D eigenvalue weighted by Crippen LogP contribution is -2.18. The molecule has 3 nitrogen and oxygen atoms in total. The number of nitrogens with two attached hydrogens (primary N) is 1. The number of ether oxygens (including phenoxy) is 1. The molecule has 0 amide bonds. The Morgan fingerprint density at radius 2 is 2.27 bits per heavy atom. The van der Waals surface area contributed by atoms with Crippen LogP contribution < -0.4 is 10.5 Å². The summed E-state index contributed by atoms with van der Waals surface area (Å²) in [4.78, 5) is 0. The highest BCUT2D eigenvalue weighted by atomic mass is 79.9. The first kappa shape index (κ1) is 12.3. The van der Waals surface area contributed by atoms with Gasteiger partial charge in [-0.3, -0.25) is 0 Å². The van der Waals surface area contributed by atoms with Crippen LogP contribution in [0.2, 0.25) is 0 Å². The molecule has 0 aromatic heterocycles. The summed E-state index contributed by atoms with van der Waals surface area (Å²) in [6.45, 7) is 1.78. The summed E-state index contributed by atoms with van der Waals surface area (Å²) in [5.74, 6) is -0.422. The average Bonchev–Trinajstić information content (AvgIpc) is 2.18. The van der Waals surface area contributed by atoms with Crippen molar-refractivity contribution in [1.29, 1.82) is 0 Å². The van der Waals surface area contributed by atoms with Crippen molar-refractivity contribution in [2.24, 2.45) is 5.73 Å². The first-order valence-corrected chi connectivity index (χ1v) is 5.26. The third kappa shape index (κ3) is 2.60. The van der Waals surface area contributed by atoms with Gasteiger partial charge in [-0.15, -0.1) is 0 Å². The highest BCUT2D eigenvalue weighted by Crippen LogP contribution is 2.37. The van der Waals surface area contributed by atoms with Crippen molar-refractivity contribution < 1.29 is 14.2 Å². The molecule has 0 aliphatic heterocycles. The monoisotopic (exact) mass is 277 g/mol. The van der Waals surface area contributed by atoms with E-state index in [4.69, 9.17) is 10.5 Å². The molecule has 84 valence electrons. The molecule has 1 aromatic rings. The zero-order valence-corrected chi connectivity index (χ0v) is 10.1. The topological polar surface area (TPSA) is 55.5 Å². The number of hydrogen-bond donors (Lipinski definition) is 2. The van der Waals surface area contributed by atoms with Crippen LogP contribution in [0.25, 0.3) is 0 Å². The standard InChI is InChI=1S/C10H13BrFNO2/c1-5(13)3-6-9(11)7(12)4-8(15-2)10(6)14/h4-5,14H,3,13H2,1-2H3. The number of methoxy groups -OCH3 is 1. The number of phenolic OH excluding ortho intramolecular Hbond substituents is 1. The van der Waals surface area contributed by atoms with Crippen LogP contribution in [0.4, 0.5) is 4.39 Å². The van der Waals surface area contributed by atoms with Crippen LogP contribution in [-0.4, -0.2) is 18.3 Å². The molecule has 0 aliphatic carbocycles. The Hall–Kier alpha value is -0.810. The maximum absolute atomic E-state index is 13.4. The van der Waals surface area contributed by atoms with Gasteiger partial charge in [0.15, 0.2) is 11.5 Å². The summed E-state index contributed by atoms with van der Waals surface area (Å²) in [5.41, 5.74) is 6.04. The molecule has 0 radical (unpaired) electrons. The molecule has 5 heteroatoms. The van der Waals surface area contributed by atoms with E-state index in [1.807, 2.05) is 0 Å². The Kier molecular flexibility index (Phi) is 3.93. The van der Waals surface area contributed by atoms with Crippen LogP contribution in [-0.2, 0) is 6.42 Å². The van der Waals surface area contributed by atoms with E-state index >= 15 is 0 Å². The van der Waals surface area contributed by atoms with Gasteiger partial charge in [-0.25, -0.2) is 4.39 Å². The van der Waals surface area contributed by atoms with Gasteiger partial charge in [0, 0.05) is 17.7 Å². The molecular formula is C10H13BrFNO2. The van der Waals surface area contributed by atoms with E-state index in [9.17, 15) is 9.50 Å². The molecule has 1 atom stereocenters. The molecule has 1 rings (SSSR count). The van der Waals surface area contributed by atoms with Gasteiger partial charge < -0.3 is 15.6 Å². The third-order valence-electron chi connectivity index (χ3n) is 2.00. The van der Waals surface area contributed by atoms with Crippen molar-refractivity contribution in [1.82, 2.24) is 0 Å². The van der Waals surface area contributed by atoms with E-state index in [0.29, 0.717) is 12.0 Å². The summed E-state index contributed by atoms with van der Waals surface area (Å²) in [6, 6.07) is 0.961. The van der Waals surface area contributed by atoms with E-state index < -0.39 is 5.82 Å². The molecule has 0 aliphatic rings. The fourth-order valence-corrected chi connectivity index (χ4v) is 1.77. The van der Waals surface area contributed by atoms with Crippen molar-refractivity contribution in [3.8, 4) is 11.5 Å². The fraction of sp³-hybridized carbons (Fsp3) is 0.400. The van der Waals surface area contributed by atoms with E-state index in [0.717, 1.165) is 6.07 Å². The van der Waals surface area contributed by atoms with E-state index in [2.05, 4.69) is 15.9 Å². The largest absolute Gasteiger partial charge is 0.504 e. The number of aromatic hydroxyl groups is 1. The maximum atomic E-state index is 13.4. The van der Waals surface area contributed by atoms with Crippen LogP contribution in [0.15, 0.2) is 10.5 Å². The van der Waals surface area contributed by atoms with Crippen LogP contribution in [0.1, 0.15) is 12.5 Å². The summed E-state index contributed by atoms with van der Waals surface area (Å²) in [6.07, 6.45) is 0.376. The Morgan fingerprint density at radius 3 is 2.73 bits per heavy atom. The highest BCUT2D eigenvalue weighted by Gasteiger charge is 2.17. The molecule has 1 unspecified atom stereocenters. The number of halogens is 2. The number of benzene rings is 1. The molecule has 3 N–H and O–H groups in total. The number of hydrogen-bond acceptors (Lipinski definition) is 3. The second-order valence-corrected chi connectivity index (χ2v) is 4.18. The zero-order chi connectivity index (χ0) is 11.6. The first-order valence-electron chi connectivity index (χ1n) is 4.46. The Labute approximate surface area is 96.2 Å². The molecule has 0 bridgehead atoms. The minimum Gasteiger partial charge on any atom is -0.504 e. The van der Waals surface area contributed by atoms with Crippen molar-refractivity contribution in [3.63, 3.8) is 0 Å². The van der Waals surface area contributed by atoms with Gasteiger partial charge >= 0.3 is 0 Å². The van der Waals surface area contributed by atoms with Crippen LogP contribution in [0, 0.1) is 5.82 Å². The summed E-state index contributed by atoms with van der Waals surface area (Å²) >= 11 is 3.08. The normalized spacial score (nSPS) is 12.6. The summed E-state index contributed by atoms with van der Waals surface area (Å²) in [5, 5.41) is 9.77. The quantitative estimate of drug-likeness (QED) is 0.891. The van der Waals surface area contributed by atoms with E-state index in [-0.39, 0.29) is 22.0 Å². The van der Waals surface area contributed by atoms with Gasteiger partial charge in [-0.1, -0.05) is 0 Å². The molecule has 0 heterocycles. The molecule has 0 fully saturated rings. The van der Waals surface area contributed by atoms with Crippen molar-refractivity contribution in [2.75, 3.05) is 7.11 Å². The lowest BCUT2D eigenvalue weighted by Gasteiger charge is -2.13. The molecule has 0 saturated heterocycles. The van der Waals surface area contributed by atoms with Gasteiger partial charge in [0.1, 0.15) is 5.82 Å². The lowest BCUT2D eigenvalue weighted by molar-refractivity contribution is 0.366. The lowest BCUT2D eigenvalue weighted by atomic mass is 10.1. The third-order valence-corrected chi connectivity index (χ3v) is 2.86. The first-order chi connectivity index (χ1) is 6.97. The number of rotatable bonds is 3. The van der Waals surface area contributed by atoms with Crippen molar-refractivity contribution in [3.05, 3.63) is 21.9 Å². The second-order valence-electron chi connectivity index (χ2n) is 3.38. The maximum Gasteiger partial charge on any atom is 0.163 e. The minimum atomic E-state index is -0.472. The molecule has 15 heavy (non-hydrogen) atoms. The summed E-state index contributed by atoms with van der Waals surface area (Å²) in [7, 11) is 1.37. The smallest absolute Gasteiger partial charge is 0.163 e. The van der Waals surface area contributed by atoms with Gasteiger partial charge in [0.25, 0.3) is 0 Å². The SMILES string of the molecule is COc1cc(F)c(Br)c(CC(C)N)c1O. The average molecular weight is 278 g/mol. The molecular weight excluding hydrogens is 265 g/mol. The Bertz CT molecular complexity index is 369. The molecule has 0 saturated carbocycles. The highest BCUT2D eigenvalue weighted by molar-refractivity contribution is 9.10. The summed E-state index contributed by atoms with van der Waals surface area (Å²) < 4.78 is 18.5. The van der Waals surface area contributed by atoms with Crippen molar-refractivity contribution >= 4 is 15.9 Å². The van der Waals surface area contributed by atoms with Crippen LogP contribution >= 0.6 is 15.9 Å². The van der Waals surface area contributed by atoms with E-state index in [1.54, 1.807) is 6.92 Å². The fourth-order valence-electron chi connectivity index (χ4n) is 1.31. The Morgan fingerprint density at radius 1 is 1.67 bits per heavy atom. The van der Waals surface area contributed by atoms with Crippen LogP contribution in [0.3, 0.4) is 0 Å². The predicted molar refractivity (Wildman–Crippen MR) is 59.7 cm³/mol. The molecule has 0 spiro atoms. The van der Waals surface area contributed by atoms with Crippen molar-refractivity contribution in [2.45, 2.75) is 19.4 Å². The van der Waals surface area contributed by atoms with Crippen LogP contribution in [0.5, 0.6) is 11.5 Å². The Balaban J connectivity index is 3.27. The van der Waals surface area contributed by atoms with Gasteiger partial charge in [-0.05, 0) is 29.3 Å². The number of phenols is 1. The van der Waals surface area contributed by atoms with Gasteiger partial charge in [-0.2, -0.15) is 0 Å². The minimum absolute atomic E-state index is 0.0666. The van der Waals surface area contributed by atoms with Gasteiger partial charge in [0.2, 0.25) is 0 Å². The second kappa shape index (κ2) is 4.81. The van der Waals surface area contributed by atoms with E-state index in [1.165, 1.54) is 7.11 Å². The zero-order valence-electron chi connectivity index (χ0n) is 8.55. The molecule has 1 aromatic carbocycles.